The number of nitrogens with zero attached hydrogens (tertiary/aromatic N) is 1. The lowest BCUT2D eigenvalue weighted by molar-refractivity contribution is 0.0630. The van der Waals surface area contributed by atoms with Crippen molar-refractivity contribution in [2.45, 2.75) is 25.6 Å². The van der Waals surface area contributed by atoms with Crippen LogP contribution in [0.1, 0.15) is 41.0 Å². The molecular formula is C14H16ClNO2. The second kappa shape index (κ2) is 5.11. The van der Waals surface area contributed by atoms with Crippen LogP contribution >= 0.6 is 11.6 Å². The van der Waals surface area contributed by atoms with Gasteiger partial charge in [0.25, 0.3) is 11.8 Å². The second-order valence-electron chi connectivity index (χ2n) is 4.89. The van der Waals surface area contributed by atoms with Crippen LogP contribution in [0.3, 0.4) is 0 Å². The maximum Gasteiger partial charge on any atom is 0.261 e. The van der Waals surface area contributed by atoms with Crippen molar-refractivity contribution in [2.75, 3.05) is 6.54 Å². The predicted molar refractivity (Wildman–Crippen MR) is 70.9 cm³/mol. The number of hydrogen-bond donors (Lipinski definition) is 0. The van der Waals surface area contributed by atoms with Crippen molar-refractivity contribution in [3.8, 4) is 0 Å². The first-order valence-corrected chi connectivity index (χ1v) is 6.53. The first kappa shape index (κ1) is 13.1. The van der Waals surface area contributed by atoms with Crippen molar-refractivity contribution in [1.82, 2.24) is 4.90 Å². The standard InChI is InChI=1S/C14H16ClNO2/c1-9(7-10(2)15)8-16-13(17)11-5-3-4-6-12(11)14(16)18/h3-6,9-10H,7-8H2,1-2H3. The molecule has 3 nitrogen and oxygen atoms in total. The van der Waals surface area contributed by atoms with E-state index < -0.39 is 0 Å². The first-order chi connectivity index (χ1) is 8.50. The van der Waals surface area contributed by atoms with Gasteiger partial charge in [0, 0.05) is 11.9 Å². The van der Waals surface area contributed by atoms with Crippen molar-refractivity contribution in [1.29, 1.82) is 0 Å². The average Bonchev–Trinajstić information content (AvgIpc) is 2.54. The van der Waals surface area contributed by atoms with Gasteiger partial charge in [0.05, 0.1) is 11.1 Å². The Morgan fingerprint density at radius 2 is 1.61 bits per heavy atom. The lowest BCUT2D eigenvalue weighted by Crippen LogP contribution is -2.34. The van der Waals surface area contributed by atoms with Crippen LogP contribution in [0, 0.1) is 5.92 Å². The van der Waals surface area contributed by atoms with Gasteiger partial charge in [0.2, 0.25) is 0 Å². The van der Waals surface area contributed by atoms with Crippen molar-refractivity contribution >= 4 is 23.4 Å². The van der Waals surface area contributed by atoms with E-state index >= 15 is 0 Å². The summed E-state index contributed by atoms with van der Waals surface area (Å²) >= 11 is 5.93. The summed E-state index contributed by atoms with van der Waals surface area (Å²) in [6.45, 7) is 4.35. The molecular weight excluding hydrogens is 250 g/mol. The summed E-state index contributed by atoms with van der Waals surface area (Å²) in [5.41, 5.74) is 1.02. The number of halogens is 1. The average molecular weight is 266 g/mol. The summed E-state index contributed by atoms with van der Waals surface area (Å²) in [6.07, 6.45) is 0.787. The van der Waals surface area contributed by atoms with E-state index in [2.05, 4.69) is 0 Å². The van der Waals surface area contributed by atoms with Crippen LogP contribution in [0.4, 0.5) is 0 Å². The molecule has 0 fully saturated rings. The van der Waals surface area contributed by atoms with E-state index in [0.29, 0.717) is 17.7 Å². The van der Waals surface area contributed by atoms with E-state index in [9.17, 15) is 9.59 Å². The molecule has 2 unspecified atom stereocenters. The van der Waals surface area contributed by atoms with E-state index in [1.54, 1.807) is 24.3 Å². The molecule has 2 rings (SSSR count). The number of carbonyl (C=O) groups excluding carboxylic acids is 2. The van der Waals surface area contributed by atoms with Gasteiger partial charge in [-0.25, -0.2) is 0 Å². The Hall–Kier alpha value is -1.35. The summed E-state index contributed by atoms with van der Waals surface area (Å²) < 4.78 is 0. The largest absolute Gasteiger partial charge is 0.274 e. The van der Waals surface area contributed by atoms with E-state index in [-0.39, 0.29) is 23.1 Å². The van der Waals surface area contributed by atoms with E-state index in [0.717, 1.165) is 6.42 Å². The SMILES string of the molecule is CC(Cl)CC(C)CN1C(=O)c2ccccc2C1=O. The number of fused-ring (bicyclic) bond motifs is 1. The molecule has 0 spiro atoms. The van der Waals surface area contributed by atoms with Crippen molar-refractivity contribution < 1.29 is 9.59 Å². The number of imide groups is 1. The van der Waals surface area contributed by atoms with E-state index in [1.807, 2.05) is 13.8 Å². The number of hydrogen-bond acceptors (Lipinski definition) is 2. The lowest BCUT2D eigenvalue weighted by Gasteiger charge is -2.19. The number of benzene rings is 1. The molecule has 1 aliphatic heterocycles. The third-order valence-electron chi connectivity index (χ3n) is 3.10. The Bertz CT molecular complexity index is 449. The predicted octanol–water partition coefficient (Wildman–Crippen LogP) is 2.94. The molecule has 1 aliphatic rings. The van der Waals surface area contributed by atoms with Crippen LogP contribution in [0.5, 0.6) is 0 Å². The normalized spacial score (nSPS) is 17.8. The maximum absolute atomic E-state index is 12.1. The number of amides is 2. The minimum atomic E-state index is -0.190. The van der Waals surface area contributed by atoms with Gasteiger partial charge in [-0.3, -0.25) is 14.5 Å². The highest BCUT2D eigenvalue weighted by Gasteiger charge is 2.35. The highest BCUT2D eigenvalue weighted by atomic mass is 35.5. The fourth-order valence-corrected chi connectivity index (χ4v) is 2.65. The molecule has 1 aromatic carbocycles. The Morgan fingerprint density at radius 3 is 2.06 bits per heavy atom. The molecule has 0 saturated carbocycles. The minimum absolute atomic E-state index is 0.0511. The Kier molecular flexibility index (Phi) is 3.71. The van der Waals surface area contributed by atoms with Crippen molar-refractivity contribution in [3.05, 3.63) is 35.4 Å². The van der Waals surface area contributed by atoms with Crippen LogP contribution in [-0.2, 0) is 0 Å². The topological polar surface area (TPSA) is 37.4 Å². The molecule has 0 aliphatic carbocycles. The summed E-state index contributed by atoms with van der Waals surface area (Å²) in [7, 11) is 0. The van der Waals surface area contributed by atoms with Gasteiger partial charge in [-0.05, 0) is 31.4 Å². The van der Waals surface area contributed by atoms with Gasteiger partial charge >= 0.3 is 0 Å². The zero-order valence-electron chi connectivity index (χ0n) is 10.5. The van der Waals surface area contributed by atoms with Gasteiger partial charge in [0.15, 0.2) is 0 Å². The zero-order chi connectivity index (χ0) is 13.3. The van der Waals surface area contributed by atoms with E-state index in [4.69, 9.17) is 11.6 Å². The summed E-state index contributed by atoms with van der Waals surface area (Å²) in [6, 6.07) is 6.95. The Labute approximate surface area is 112 Å². The van der Waals surface area contributed by atoms with Gasteiger partial charge in [-0.1, -0.05) is 19.1 Å². The smallest absolute Gasteiger partial charge is 0.261 e. The molecule has 0 N–H and O–H groups in total. The summed E-state index contributed by atoms with van der Waals surface area (Å²) in [5, 5.41) is 0.0511. The molecule has 1 heterocycles. The van der Waals surface area contributed by atoms with Gasteiger partial charge in [0.1, 0.15) is 0 Å². The summed E-state index contributed by atoms with van der Waals surface area (Å²) in [4.78, 5) is 25.5. The summed E-state index contributed by atoms with van der Waals surface area (Å²) in [5.74, 6) is -0.172. The molecule has 0 saturated heterocycles. The Balaban J connectivity index is 2.14. The van der Waals surface area contributed by atoms with Gasteiger partial charge in [-0.2, -0.15) is 0 Å². The van der Waals surface area contributed by atoms with Gasteiger partial charge in [-0.15, -0.1) is 11.6 Å². The molecule has 96 valence electrons. The number of carbonyl (C=O) groups is 2. The van der Waals surface area contributed by atoms with Crippen LogP contribution < -0.4 is 0 Å². The molecule has 4 heteroatoms. The third-order valence-corrected chi connectivity index (χ3v) is 3.28. The lowest BCUT2D eigenvalue weighted by atomic mass is 10.1. The van der Waals surface area contributed by atoms with Crippen molar-refractivity contribution in [3.63, 3.8) is 0 Å². The quantitative estimate of drug-likeness (QED) is 0.620. The second-order valence-corrected chi connectivity index (χ2v) is 5.63. The number of rotatable bonds is 4. The highest BCUT2D eigenvalue weighted by molar-refractivity contribution is 6.21. The molecule has 18 heavy (non-hydrogen) atoms. The Morgan fingerprint density at radius 1 is 1.11 bits per heavy atom. The molecule has 0 radical (unpaired) electrons. The fourth-order valence-electron chi connectivity index (χ4n) is 2.35. The molecule has 0 bridgehead atoms. The number of alkyl halides is 1. The molecule has 0 aromatic heterocycles. The fraction of sp³-hybridized carbons (Fsp3) is 0.429. The van der Waals surface area contributed by atoms with Crippen molar-refractivity contribution in [2.24, 2.45) is 5.92 Å². The highest BCUT2D eigenvalue weighted by Crippen LogP contribution is 2.24. The van der Waals surface area contributed by atoms with E-state index in [1.165, 1.54) is 4.90 Å². The molecule has 1 aromatic rings. The minimum Gasteiger partial charge on any atom is -0.274 e. The van der Waals surface area contributed by atoms with Crippen LogP contribution in [0.2, 0.25) is 0 Å². The third kappa shape index (κ3) is 2.41. The van der Waals surface area contributed by atoms with Gasteiger partial charge < -0.3 is 0 Å². The molecule has 2 atom stereocenters. The van der Waals surface area contributed by atoms with Crippen LogP contribution in [0.15, 0.2) is 24.3 Å². The first-order valence-electron chi connectivity index (χ1n) is 6.10. The maximum atomic E-state index is 12.1. The van der Waals surface area contributed by atoms with Crippen LogP contribution in [0.25, 0.3) is 0 Å². The van der Waals surface area contributed by atoms with Crippen LogP contribution in [-0.4, -0.2) is 28.6 Å². The molecule has 2 amide bonds. The monoisotopic (exact) mass is 265 g/mol. The zero-order valence-corrected chi connectivity index (χ0v) is 11.3.